The second-order valence-corrected chi connectivity index (χ2v) is 6.19. The van der Waals surface area contributed by atoms with Gasteiger partial charge in [-0.05, 0) is 36.5 Å². The van der Waals surface area contributed by atoms with E-state index in [0.29, 0.717) is 13.2 Å². The number of nitrogens with zero attached hydrogens (tertiary/aromatic N) is 1. The highest BCUT2D eigenvalue weighted by Gasteiger charge is 2.24. The Morgan fingerprint density at radius 3 is 2.92 bits per heavy atom. The number of carbonyl (C=O) groups excluding carboxylic acids is 1. The van der Waals surface area contributed by atoms with E-state index < -0.39 is 0 Å². The molecule has 0 aliphatic carbocycles. The molecule has 1 aromatic carbocycles. The van der Waals surface area contributed by atoms with Gasteiger partial charge in [-0.15, -0.1) is 0 Å². The van der Waals surface area contributed by atoms with Crippen LogP contribution in [0.2, 0.25) is 0 Å². The topological polar surface area (TPSA) is 63.2 Å². The molecule has 126 valence electrons. The molecule has 24 heavy (non-hydrogen) atoms. The quantitative estimate of drug-likeness (QED) is 0.908. The highest BCUT2D eigenvalue weighted by molar-refractivity contribution is 5.74. The summed E-state index contributed by atoms with van der Waals surface area (Å²) in [5, 5.41) is 5.95. The van der Waals surface area contributed by atoms with Crippen LogP contribution in [0.4, 0.5) is 4.79 Å². The summed E-state index contributed by atoms with van der Waals surface area (Å²) < 4.78 is 5.84. The van der Waals surface area contributed by atoms with Crippen LogP contribution in [0.1, 0.15) is 35.6 Å². The largest absolute Gasteiger partial charge is 0.373 e. The first-order chi connectivity index (χ1) is 11.7. The van der Waals surface area contributed by atoms with Crippen molar-refractivity contribution in [2.24, 2.45) is 0 Å². The molecule has 3 rings (SSSR count). The maximum absolute atomic E-state index is 12.1. The molecule has 2 aromatic rings. The maximum atomic E-state index is 12.1. The van der Waals surface area contributed by atoms with Crippen molar-refractivity contribution in [2.75, 3.05) is 6.61 Å². The molecule has 0 spiro atoms. The van der Waals surface area contributed by atoms with Crippen LogP contribution in [0.15, 0.2) is 48.8 Å². The van der Waals surface area contributed by atoms with Crippen LogP contribution < -0.4 is 10.6 Å². The highest BCUT2D eigenvalue weighted by Crippen LogP contribution is 2.27. The molecular weight excluding hydrogens is 302 g/mol. The number of ether oxygens (including phenoxy) is 1. The molecule has 0 unspecified atom stereocenters. The second kappa shape index (κ2) is 7.93. The number of aryl methyl sites for hydroxylation is 1. The molecule has 2 amide bonds. The second-order valence-electron chi connectivity index (χ2n) is 6.19. The van der Waals surface area contributed by atoms with Crippen LogP contribution in [0.5, 0.6) is 0 Å². The van der Waals surface area contributed by atoms with Crippen molar-refractivity contribution in [1.29, 1.82) is 0 Å². The first-order valence-corrected chi connectivity index (χ1v) is 8.32. The first-order valence-electron chi connectivity index (χ1n) is 8.32. The lowest BCUT2D eigenvalue weighted by Crippen LogP contribution is -2.44. The number of hydrogen-bond acceptors (Lipinski definition) is 3. The number of aromatic nitrogens is 1. The number of nitrogens with one attached hydrogen (secondary N) is 2. The summed E-state index contributed by atoms with van der Waals surface area (Å²) >= 11 is 0. The standard InChI is InChI=1S/C19H23N3O2/c1-14-9-15(12-20-11-14)13-21-19(23)22-17-7-8-24-18(10-17)16-5-3-2-4-6-16/h2-6,9,11-12,17-18H,7-8,10,13H2,1H3,(H2,21,22,23)/t17-,18-/m1/s1. The minimum atomic E-state index is -0.143. The summed E-state index contributed by atoms with van der Waals surface area (Å²) in [6, 6.07) is 12.2. The predicted molar refractivity (Wildman–Crippen MR) is 92.5 cm³/mol. The Hall–Kier alpha value is -2.40. The lowest BCUT2D eigenvalue weighted by atomic mass is 9.97. The van der Waals surface area contributed by atoms with Gasteiger partial charge in [-0.3, -0.25) is 4.98 Å². The minimum absolute atomic E-state index is 0.0474. The summed E-state index contributed by atoms with van der Waals surface area (Å²) in [7, 11) is 0. The Labute approximate surface area is 142 Å². The van der Waals surface area contributed by atoms with Crippen molar-refractivity contribution in [3.05, 3.63) is 65.5 Å². The molecule has 0 radical (unpaired) electrons. The zero-order chi connectivity index (χ0) is 16.8. The van der Waals surface area contributed by atoms with Crippen LogP contribution >= 0.6 is 0 Å². The Morgan fingerprint density at radius 1 is 1.29 bits per heavy atom. The Balaban J connectivity index is 1.49. The van der Waals surface area contributed by atoms with Gasteiger partial charge in [-0.2, -0.15) is 0 Å². The molecule has 1 aliphatic heterocycles. The molecule has 5 nitrogen and oxygen atoms in total. The summed E-state index contributed by atoms with van der Waals surface area (Å²) in [5.41, 5.74) is 3.25. The molecule has 0 bridgehead atoms. The van der Waals surface area contributed by atoms with E-state index in [2.05, 4.69) is 27.8 Å². The third kappa shape index (κ3) is 4.55. The first kappa shape index (κ1) is 16.5. The van der Waals surface area contributed by atoms with Gasteiger partial charge in [0.15, 0.2) is 0 Å². The van der Waals surface area contributed by atoms with E-state index in [1.807, 2.05) is 31.2 Å². The Bertz CT molecular complexity index is 675. The van der Waals surface area contributed by atoms with Gasteiger partial charge in [0, 0.05) is 31.6 Å². The van der Waals surface area contributed by atoms with E-state index in [1.54, 1.807) is 12.4 Å². The molecule has 1 fully saturated rings. The number of hydrogen-bond donors (Lipinski definition) is 2. The van der Waals surface area contributed by atoms with Gasteiger partial charge in [0.05, 0.1) is 6.10 Å². The third-order valence-electron chi connectivity index (χ3n) is 4.18. The fraction of sp³-hybridized carbons (Fsp3) is 0.368. The molecule has 1 aliphatic rings. The normalized spacial score (nSPS) is 20.4. The van der Waals surface area contributed by atoms with Gasteiger partial charge < -0.3 is 15.4 Å². The highest BCUT2D eigenvalue weighted by atomic mass is 16.5. The molecule has 0 saturated carbocycles. The predicted octanol–water partition coefficient (Wildman–Crippen LogP) is 3.11. The number of amides is 2. The van der Waals surface area contributed by atoms with E-state index in [0.717, 1.165) is 29.5 Å². The van der Waals surface area contributed by atoms with Crippen molar-refractivity contribution in [3.63, 3.8) is 0 Å². The fourth-order valence-corrected chi connectivity index (χ4v) is 2.96. The Kier molecular flexibility index (Phi) is 5.43. The van der Waals surface area contributed by atoms with E-state index in [-0.39, 0.29) is 18.2 Å². The van der Waals surface area contributed by atoms with E-state index in [1.165, 1.54) is 0 Å². The number of rotatable bonds is 4. The van der Waals surface area contributed by atoms with Crippen LogP contribution in [0, 0.1) is 6.92 Å². The van der Waals surface area contributed by atoms with Crippen LogP contribution in [0.25, 0.3) is 0 Å². The lowest BCUT2D eigenvalue weighted by molar-refractivity contribution is 0.00225. The van der Waals surface area contributed by atoms with E-state index in [4.69, 9.17) is 4.74 Å². The van der Waals surface area contributed by atoms with Gasteiger partial charge in [0.1, 0.15) is 0 Å². The number of urea groups is 1. The number of carbonyl (C=O) groups is 1. The van der Waals surface area contributed by atoms with Gasteiger partial charge in [0.25, 0.3) is 0 Å². The van der Waals surface area contributed by atoms with Gasteiger partial charge in [0.2, 0.25) is 0 Å². The SMILES string of the molecule is Cc1cncc(CNC(=O)N[C@@H]2CCO[C@@H](c3ccccc3)C2)c1. The zero-order valence-electron chi connectivity index (χ0n) is 13.9. The number of pyridine rings is 1. The van der Waals surface area contributed by atoms with E-state index in [9.17, 15) is 4.79 Å². The van der Waals surface area contributed by atoms with Gasteiger partial charge in [-0.1, -0.05) is 36.4 Å². The van der Waals surface area contributed by atoms with Crippen LogP contribution in [0.3, 0.4) is 0 Å². The van der Waals surface area contributed by atoms with Crippen molar-refractivity contribution in [1.82, 2.24) is 15.6 Å². The van der Waals surface area contributed by atoms with Crippen molar-refractivity contribution < 1.29 is 9.53 Å². The molecule has 5 heteroatoms. The average Bonchev–Trinajstić information content (AvgIpc) is 2.61. The molecule has 2 atom stereocenters. The number of benzene rings is 1. The molecule has 2 N–H and O–H groups in total. The van der Waals surface area contributed by atoms with Crippen LogP contribution in [-0.2, 0) is 11.3 Å². The third-order valence-corrected chi connectivity index (χ3v) is 4.18. The molecular formula is C19H23N3O2. The smallest absolute Gasteiger partial charge is 0.315 e. The molecule has 1 saturated heterocycles. The van der Waals surface area contributed by atoms with E-state index >= 15 is 0 Å². The summed E-state index contributed by atoms with van der Waals surface area (Å²) in [4.78, 5) is 16.3. The Morgan fingerprint density at radius 2 is 2.12 bits per heavy atom. The minimum Gasteiger partial charge on any atom is -0.373 e. The van der Waals surface area contributed by atoms with Crippen molar-refractivity contribution in [3.8, 4) is 0 Å². The lowest BCUT2D eigenvalue weighted by Gasteiger charge is -2.30. The van der Waals surface area contributed by atoms with Gasteiger partial charge >= 0.3 is 6.03 Å². The van der Waals surface area contributed by atoms with Crippen molar-refractivity contribution >= 4 is 6.03 Å². The summed E-state index contributed by atoms with van der Waals surface area (Å²) in [6.45, 7) is 3.13. The van der Waals surface area contributed by atoms with Gasteiger partial charge in [-0.25, -0.2) is 4.79 Å². The fourth-order valence-electron chi connectivity index (χ4n) is 2.96. The zero-order valence-corrected chi connectivity index (χ0v) is 13.9. The monoisotopic (exact) mass is 325 g/mol. The average molecular weight is 325 g/mol. The molecule has 2 heterocycles. The van der Waals surface area contributed by atoms with Crippen LogP contribution in [-0.4, -0.2) is 23.7 Å². The summed E-state index contributed by atoms with van der Waals surface area (Å²) in [6.07, 6.45) is 5.25. The van der Waals surface area contributed by atoms with Crippen molar-refractivity contribution in [2.45, 2.75) is 38.5 Å². The summed E-state index contributed by atoms with van der Waals surface area (Å²) in [5.74, 6) is 0. The molecule has 1 aromatic heterocycles. The maximum Gasteiger partial charge on any atom is 0.315 e.